The molecule has 1 saturated heterocycles. The summed E-state index contributed by atoms with van der Waals surface area (Å²) in [6.07, 6.45) is 0. The average molecular weight is 530 g/mol. The van der Waals surface area contributed by atoms with Gasteiger partial charge >= 0.3 is 0 Å². The zero-order chi connectivity index (χ0) is 27.9. The van der Waals surface area contributed by atoms with Crippen molar-refractivity contribution in [2.75, 3.05) is 21.0 Å². The van der Waals surface area contributed by atoms with Gasteiger partial charge in [-0.15, -0.1) is 0 Å². The Hall–Kier alpha value is -4.46. The van der Waals surface area contributed by atoms with Crippen LogP contribution < -0.4 is 18.9 Å². The molecule has 1 unspecified atom stereocenters. The number of carbonyl (C=O) groups excluding carboxylic acids is 2. The van der Waals surface area contributed by atoms with Crippen LogP contribution in [0.3, 0.4) is 0 Å². The molecule has 0 aliphatic carbocycles. The number of benzene rings is 3. The fourth-order valence-electron chi connectivity index (χ4n) is 5.01. The van der Waals surface area contributed by atoms with Crippen LogP contribution in [0.2, 0.25) is 0 Å². The Bertz CT molecular complexity index is 1440. The first-order chi connectivity index (χ1) is 18.6. The summed E-state index contributed by atoms with van der Waals surface area (Å²) < 4.78 is 21.9. The highest BCUT2D eigenvalue weighted by molar-refractivity contribution is 6.46. The van der Waals surface area contributed by atoms with E-state index in [0.29, 0.717) is 28.6 Å². The number of fused-ring (bicyclic) bond motifs is 1. The monoisotopic (exact) mass is 529 g/mol. The Kier molecular flexibility index (Phi) is 6.72. The maximum absolute atomic E-state index is 13.6. The molecule has 5 rings (SSSR count). The summed E-state index contributed by atoms with van der Waals surface area (Å²) in [5.74, 6) is -0.0292. The predicted molar refractivity (Wildman–Crippen MR) is 145 cm³/mol. The van der Waals surface area contributed by atoms with Gasteiger partial charge in [0.1, 0.15) is 22.8 Å². The number of hydrogen-bond acceptors (Lipinski definition) is 7. The van der Waals surface area contributed by atoms with Crippen molar-refractivity contribution in [2.24, 2.45) is 0 Å². The first-order valence-electron chi connectivity index (χ1n) is 12.6. The number of hydrogen-bond donors (Lipinski definition) is 1. The number of ether oxygens (including phenoxy) is 4. The minimum absolute atomic E-state index is 0.0351. The molecule has 2 aliphatic rings. The standard InChI is InChI=1S/C31H31NO7/c1-31(2,3)20-12-10-19(11-13-20)27-26(28(33)25-22(36-4)7-6-8-23(25)37-5)29(34)30(35)32(27)16-18-9-14-21-24(15-18)39-17-38-21/h6-15,27,33H,16-17H2,1-5H3/b28-26+. The molecular weight excluding hydrogens is 498 g/mol. The number of aliphatic hydroxyl groups excluding tert-OH is 1. The van der Waals surface area contributed by atoms with Gasteiger partial charge in [-0.25, -0.2) is 0 Å². The molecule has 0 saturated carbocycles. The van der Waals surface area contributed by atoms with Crippen molar-refractivity contribution in [3.8, 4) is 23.0 Å². The molecule has 0 bridgehead atoms. The van der Waals surface area contributed by atoms with Gasteiger partial charge in [0.15, 0.2) is 11.5 Å². The first-order valence-corrected chi connectivity index (χ1v) is 12.6. The maximum atomic E-state index is 13.6. The minimum atomic E-state index is -0.848. The van der Waals surface area contributed by atoms with Crippen LogP contribution in [-0.2, 0) is 21.5 Å². The van der Waals surface area contributed by atoms with E-state index in [-0.39, 0.29) is 35.6 Å². The lowest BCUT2D eigenvalue weighted by atomic mass is 9.85. The van der Waals surface area contributed by atoms with Crippen LogP contribution in [0.15, 0.2) is 66.2 Å². The molecule has 1 fully saturated rings. The molecule has 0 aromatic heterocycles. The van der Waals surface area contributed by atoms with Crippen molar-refractivity contribution in [1.29, 1.82) is 0 Å². The van der Waals surface area contributed by atoms with Gasteiger partial charge in [0.05, 0.1) is 25.8 Å². The van der Waals surface area contributed by atoms with Crippen LogP contribution in [0.5, 0.6) is 23.0 Å². The van der Waals surface area contributed by atoms with Crippen LogP contribution in [0.25, 0.3) is 5.76 Å². The van der Waals surface area contributed by atoms with E-state index in [1.807, 2.05) is 30.3 Å². The fourth-order valence-corrected chi connectivity index (χ4v) is 5.01. The number of amides is 1. The quantitative estimate of drug-likeness (QED) is 0.261. The number of aliphatic hydroxyl groups is 1. The molecule has 1 amide bonds. The Morgan fingerprint density at radius 1 is 0.949 bits per heavy atom. The molecule has 0 spiro atoms. The van der Waals surface area contributed by atoms with Crippen molar-refractivity contribution in [1.82, 2.24) is 4.90 Å². The van der Waals surface area contributed by atoms with E-state index in [1.165, 1.54) is 19.1 Å². The minimum Gasteiger partial charge on any atom is -0.506 e. The van der Waals surface area contributed by atoms with Crippen LogP contribution in [0.1, 0.15) is 49.1 Å². The topological polar surface area (TPSA) is 94.5 Å². The molecule has 2 aliphatic heterocycles. The second-order valence-corrected chi connectivity index (χ2v) is 10.5. The van der Waals surface area contributed by atoms with Crippen molar-refractivity contribution in [2.45, 2.75) is 38.8 Å². The van der Waals surface area contributed by atoms with Crippen LogP contribution >= 0.6 is 0 Å². The molecule has 0 radical (unpaired) electrons. The Morgan fingerprint density at radius 3 is 2.21 bits per heavy atom. The lowest BCUT2D eigenvalue weighted by Crippen LogP contribution is -2.29. The summed E-state index contributed by atoms with van der Waals surface area (Å²) in [7, 11) is 2.93. The molecule has 39 heavy (non-hydrogen) atoms. The molecule has 1 atom stereocenters. The third-order valence-electron chi connectivity index (χ3n) is 7.09. The third kappa shape index (κ3) is 4.67. The molecule has 3 aromatic carbocycles. The van der Waals surface area contributed by atoms with Crippen molar-refractivity contribution >= 4 is 17.4 Å². The van der Waals surface area contributed by atoms with E-state index >= 15 is 0 Å². The fraction of sp³-hybridized carbons (Fsp3) is 0.290. The zero-order valence-electron chi connectivity index (χ0n) is 22.6. The van der Waals surface area contributed by atoms with Gasteiger partial charge in [-0.2, -0.15) is 0 Å². The van der Waals surface area contributed by atoms with Gasteiger partial charge in [0.2, 0.25) is 6.79 Å². The van der Waals surface area contributed by atoms with Crippen molar-refractivity contribution in [3.05, 3.63) is 88.5 Å². The zero-order valence-corrected chi connectivity index (χ0v) is 22.6. The van der Waals surface area contributed by atoms with E-state index in [0.717, 1.165) is 11.1 Å². The number of methoxy groups -OCH3 is 2. The summed E-state index contributed by atoms with van der Waals surface area (Å²) in [5, 5.41) is 11.6. The van der Waals surface area contributed by atoms with Gasteiger partial charge in [-0.05, 0) is 46.4 Å². The van der Waals surface area contributed by atoms with Crippen molar-refractivity contribution in [3.63, 3.8) is 0 Å². The lowest BCUT2D eigenvalue weighted by molar-refractivity contribution is -0.140. The van der Waals surface area contributed by atoms with Gasteiger partial charge in [-0.3, -0.25) is 9.59 Å². The Balaban J connectivity index is 1.67. The summed E-state index contributed by atoms with van der Waals surface area (Å²) in [4.78, 5) is 28.6. The van der Waals surface area contributed by atoms with Crippen LogP contribution in [0, 0.1) is 0 Å². The second kappa shape index (κ2) is 10.0. The van der Waals surface area contributed by atoms with Crippen LogP contribution in [0.4, 0.5) is 0 Å². The van der Waals surface area contributed by atoms with Gasteiger partial charge < -0.3 is 29.0 Å². The molecule has 8 nitrogen and oxygen atoms in total. The highest BCUT2D eigenvalue weighted by atomic mass is 16.7. The highest BCUT2D eigenvalue weighted by Gasteiger charge is 2.46. The number of likely N-dealkylation sites (tertiary alicyclic amines) is 1. The number of ketones is 1. The molecular formula is C31H31NO7. The predicted octanol–water partition coefficient (Wildman–Crippen LogP) is 5.35. The highest BCUT2D eigenvalue weighted by Crippen LogP contribution is 2.44. The first kappa shape index (κ1) is 26.2. The summed E-state index contributed by atoms with van der Waals surface area (Å²) in [5.41, 5.74) is 2.64. The number of carbonyl (C=O) groups is 2. The Morgan fingerprint density at radius 2 is 1.59 bits per heavy atom. The van der Waals surface area contributed by atoms with E-state index in [9.17, 15) is 14.7 Å². The number of Topliss-reactive ketones (excluding diaryl/α,β-unsaturated/α-hetero) is 1. The number of rotatable bonds is 6. The van der Waals surface area contributed by atoms with Gasteiger partial charge in [0.25, 0.3) is 11.7 Å². The molecule has 1 N–H and O–H groups in total. The normalized spacial score (nSPS) is 18.0. The molecule has 2 heterocycles. The SMILES string of the molecule is COc1cccc(OC)c1/C(O)=C1\C(=O)C(=O)N(Cc2ccc3c(c2)OCO3)C1c1ccc(C(C)(C)C)cc1. The summed E-state index contributed by atoms with van der Waals surface area (Å²) in [6, 6.07) is 17.4. The number of nitrogens with zero attached hydrogens (tertiary/aromatic N) is 1. The lowest BCUT2D eigenvalue weighted by Gasteiger charge is -2.27. The Labute approximate surface area is 227 Å². The van der Waals surface area contributed by atoms with E-state index in [2.05, 4.69) is 20.8 Å². The van der Waals surface area contributed by atoms with Gasteiger partial charge in [0, 0.05) is 6.54 Å². The molecule has 3 aromatic rings. The van der Waals surface area contributed by atoms with Gasteiger partial charge in [-0.1, -0.05) is 57.2 Å². The summed E-state index contributed by atoms with van der Waals surface area (Å²) in [6.45, 7) is 6.59. The van der Waals surface area contributed by atoms with E-state index in [4.69, 9.17) is 18.9 Å². The van der Waals surface area contributed by atoms with Crippen LogP contribution in [-0.4, -0.2) is 42.7 Å². The largest absolute Gasteiger partial charge is 0.506 e. The second-order valence-electron chi connectivity index (χ2n) is 10.5. The molecule has 202 valence electrons. The maximum Gasteiger partial charge on any atom is 0.295 e. The smallest absolute Gasteiger partial charge is 0.295 e. The molecule has 8 heteroatoms. The third-order valence-corrected chi connectivity index (χ3v) is 7.09. The average Bonchev–Trinajstić information content (AvgIpc) is 3.49. The van der Waals surface area contributed by atoms with Crippen molar-refractivity contribution < 1.29 is 33.6 Å². The van der Waals surface area contributed by atoms with E-state index < -0.39 is 17.7 Å². The van der Waals surface area contributed by atoms with E-state index in [1.54, 1.807) is 30.3 Å². The summed E-state index contributed by atoms with van der Waals surface area (Å²) >= 11 is 0.